The van der Waals surface area contributed by atoms with Crippen molar-refractivity contribution < 1.29 is 9.53 Å². The summed E-state index contributed by atoms with van der Waals surface area (Å²) in [5.41, 5.74) is 0. The molecular formula is C27H54O2. The molecule has 0 saturated heterocycles. The molecule has 29 heavy (non-hydrogen) atoms. The van der Waals surface area contributed by atoms with E-state index >= 15 is 0 Å². The molecule has 0 heterocycles. The van der Waals surface area contributed by atoms with Gasteiger partial charge < -0.3 is 4.74 Å². The van der Waals surface area contributed by atoms with Gasteiger partial charge in [0.05, 0.1) is 6.61 Å². The molecule has 0 spiro atoms. The zero-order valence-corrected chi connectivity index (χ0v) is 20.6. The van der Waals surface area contributed by atoms with Gasteiger partial charge in [-0.3, -0.25) is 4.79 Å². The molecular weight excluding hydrogens is 356 g/mol. The minimum Gasteiger partial charge on any atom is -0.466 e. The summed E-state index contributed by atoms with van der Waals surface area (Å²) in [7, 11) is 0. The third-order valence-corrected chi connectivity index (χ3v) is 5.85. The van der Waals surface area contributed by atoms with Crippen LogP contribution in [0.4, 0.5) is 0 Å². The summed E-state index contributed by atoms with van der Waals surface area (Å²) in [4.78, 5) is 11.7. The molecule has 0 N–H and O–H groups in total. The number of esters is 1. The van der Waals surface area contributed by atoms with E-state index in [-0.39, 0.29) is 5.97 Å². The van der Waals surface area contributed by atoms with Crippen LogP contribution in [0.15, 0.2) is 0 Å². The van der Waals surface area contributed by atoms with Gasteiger partial charge >= 0.3 is 5.97 Å². The highest BCUT2D eigenvalue weighted by molar-refractivity contribution is 5.69. The van der Waals surface area contributed by atoms with Crippen LogP contribution >= 0.6 is 0 Å². The molecule has 0 bridgehead atoms. The van der Waals surface area contributed by atoms with E-state index in [1.54, 1.807) is 0 Å². The number of hydrogen-bond donors (Lipinski definition) is 0. The van der Waals surface area contributed by atoms with Crippen molar-refractivity contribution in [1.29, 1.82) is 0 Å². The molecule has 0 atom stereocenters. The maximum atomic E-state index is 11.7. The van der Waals surface area contributed by atoms with Crippen LogP contribution in [-0.4, -0.2) is 12.6 Å². The molecule has 0 aliphatic heterocycles. The zero-order valence-electron chi connectivity index (χ0n) is 20.6. The molecule has 0 saturated carbocycles. The van der Waals surface area contributed by atoms with Crippen LogP contribution in [0.2, 0.25) is 0 Å². The smallest absolute Gasteiger partial charge is 0.305 e. The fourth-order valence-corrected chi connectivity index (χ4v) is 3.86. The van der Waals surface area contributed by atoms with Gasteiger partial charge in [0, 0.05) is 6.42 Å². The predicted octanol–water partition coefficient (Wildman–Crippen LogP) is 9.25. The van der Waals surface area contributed by atoms with E-state index in [1.807, 2.05) is 0 Å². The van der Waals surface area contributed by atoms with Crippen molar-refractivity contribution in [3.8, 4) is 0 Å². The van der Waals surface area contributed by atoms with Crippen LogP contribution in [0.25, 0.3) is 0 Å². The number of hydrogen-bond acceptors (Lipinski definition) is 2. The average Bonchev–Trinajstić information content (AvgIpc) is 2.67. The highest BCUT2D eigenvalue weighted by atomic mass is 16.5. The van der Waals surface area contributed by atoms with Crippen LogP contribution in [0, 0.1) is 11.8 Å². The van der Waals surface area contributed by atoms with Crippen molar-refractivity contribution in [2.45, 2.75) is 150 Å². The van der Waals surface area contributed by atoms with Crippen LogP contribution in [0.5, 0.6) is 0 Å². The lowest BCUT2D eigenvalue weighted by atomic mass is 10.0. The van der Waals surface area contributed by atoms with Crippen LogP contribution in [-0.2, 0) is 9.53 Å². The number of rotatable bonds is 22. The first-order valence-corrected chi connectivity index (χ1v) is 13.2. The maximum absolute atomic E-state index is 11.7. The molecule has 0 aromatic heterocycles. The third-order valence-electron chi connectivity index (χ3n) is 5.85. The standard InChI is InChI=1S/C27H54O2/c1-25(2)21-17-13-11-9-7-5-6-8-10-12-14-19-23-27(28)29-24-20-16-15-18-22-26(3)4/h25-26H,5-24H2,1-4H3. The van der Waals surface area contributed by atoms with Crippen molar-refractivity contribution in [2.24, 2.45) is 11.8 Å². The molecule has 0 amide bonds. The first-order valence-electron chi connectivity index (χ1n) is 13.2. The number of carbonyl (C=O) groups is 1. The Balaban J connectivity index is 3.16. The lowest BCUT2D eigenvalue weighted by Gasteiger charge is -2.06. The quantitative estimate of drug-likeness (QED) is 0.131. The molecule has 0 aliphatic carbocycles. The van der Waals surface area contributed by atoms with Gasteiger partial charge in [-0.1, -0.05) is 130 Å². The Bertz CT molecular complexity index is 335. The van der Waals surface area contributed by atoms with E-state index in [4.69, 9.17) is 4.74 Å². The first-order chi connectivity index (χ1) is 14.0. The summed E-state index contributed by atoms with van der Waals surface area (Å²) >= 11 is 0. The first kappa shape index (κ1) is 28.5. The summed E-state index contributed by atoms with van der Waals surface area (Å²) in [6.07, 6.45) is 24.2. The van der Waals surface area contributed by atoms with Gasteiger partial charge in [0.1, 0.15) is 0 Å². The highest BCUT2D eigenvalue weighted by Crippen LogP contribution is 2.14. The number of carbonyl (C=O) groups excluding carboxylic acids is 1. The number of unbranched alkanes of at least 4 members (excludes halogenated alkanes) is 14. The molecule has 0 aliphatic rings. The third kappa shape index (κ3) is 25.4. The van der Waals surface area contributed by atoms with Crippen molar-refractivity contribution >= 4 is 5.97 Å². The van der Waals surface area contributed by atoms with Gasteiger partial charge in [-0.2, -0.15) is 0 Å². The zero-order chi connectivity index (χ0) is 21.6. The Morgan fingerprint density at radius 1 is 0.517 bits per heavy atom. The molecule has 0 aromatic rings. The average molecular weight is 411 g/mol. The van der Waals surface area contributed by atoms with Gasteiger partial charge in [-0.25, -0.2) is 0 Å². The largest absolute Gasteiger partial charge is 0.466 e. The minimum atomic E-state index is 0.0144. The Morgan fingerprint density at radius 3 is 1.28 bits per heavy atom. The Kier molecular flexibility index (Phi) is 21.8. The van der Waals surface area contributed by atoms with Crippen LogP contribution in [0.1, 0.15) is 150 Å². The fraction of sp³-hybridized carbons (Fsp3) is 0.963. The normalized spacial score (nSPS) is 11.5. The summed E-state index contributed by atoms with van der Waals surface area (Å²) in [6.45, 7) is 9.82. The van der Waals surface area contributed by atoms with Crippen molar-refractivity contribution in [3.05, 3.63) is 0 Å². The topological polar surface area (TPSA) is 26.3 Å². The minimum absolute atomic E-state index is 0.0144. The van der Waals surface area contributed by atoms with Gasteiger partial charge in [0.25, 0.3) is 0 Å². The fourth-order valence-electron chi connectivity index (χ4n) is 3.86. The maximum Gasteiger partial charge on any atom is 0.305 e. The second-order valence-corrected chi connectivity index (χ2v) is 9.99. The lowest BCUT2D eigenvalue weighted by molar-refractivity contribution is -0.143. The predicted molar refractivity (Wildman–Crippen MR) is 128 cm³/mol. The monoisotopic (exact) mass is 410 g/mol. The van der Waals surface area contributed by atoms with E-state index < -0.39 is 0 Å². The van der Waals surface area contributed by atoms with Crippen molar-refractivity contribution in [1.82, 2.24) is 0 Å². The second-order valence-electron chi connectivity index (χ2n) is 9.99. The van der Waals surface area contributed by atoms with Gasteiger partial charge in [-0.05, 0) is 24.7 Å². The van der Waals surface area contributed by atoms with E-state index in [9.17, 15) is 4.79 Å². The van der Waals surface area contributed by atoms with Crippen molar-refractivity contribution in [2.75, 3.05) is 6.61 Å². The van der Waals surface area contributed by atoms with Gasteiger partial charge in [0.2, 0.25) is 0 Å². The van der Waals surface area contributed by atoms with Gasteiger partial charge in [-0.15, -0.1) is 0 Å². The second kappa shape index (κ2) is 22.2. The van der Waals surface area contributed by atoms with E-state index in [1.165, 1.54) is 103 Å². The SMILES string of the molecule is CC(C)CCCCCCCCCCCCCCC(=O)OCCCCCCC(C)C. The molecule has 0 unspecified atom stereocenters. The summed E-state index contributed by atoms with van der Waals surface area (Å²) in [5.74, 6) is 1.69. The Labute approximate surface area is 184 Å². The molecule has 174 valence electrons. The van der Waals surface area contributed by atoms with Gasteiger partial charge in [0.15, 0.2) is 0 Å². The lowest BCUT2D eigenvalue weighted by Crippen LogP contribution is -2.05. The molecule has 2 nitrogen and oxygen atoms in total. The van der Waals surface area contributed by atoms with Crippen LogP contribution < -0.4 is 0 Å². The molecule has 0 radical (unpaired) electrons. The molecule has 0 fully saturated rings. The van der Waals surface area contributed by atoms with E-state index in [0.29, 0.717) is 13.0 Å². The summed E-state index contributed by atoms with van der Waals surface area (Å²) < 4.78 is 5.35. The summed E-state index contributed by atoms with van der Waals surface area (Å²) in [6, 6.07) is 0. The van der Waals surface area contributed by atoms with E-state index in [2.05, 4.69) is 27.7 Å². The molecule has 0 aromatic carbocycles. The Morgan fingerprint density at radius 2 is 0.862 bits per heavy atom. The van der Waals surface area contributed by atoms with Crippen LogP contribution in [0.3, 0.4) is 0 Å². The van der Waals surface area contributed by atoms with Crippen molar-refractivity contribution in [3.63, 3.8) is 0 Å². The molecule has 2 heteroatoms. The highest BCUT2D eigenvalue weighted by Gasteiger charge is 2.03. The number of ether oxygens (including phenoxy) is 1. The Hall–Kier alpha value is -0.530. The van der Waals surface area contributed by atoms with E-state index in [0.717, 1.165) is 24.7 Å². The molecule has 0 rings (SSSR count). The summed E-state index contributed by atoms with van der Waals surface area (Å²) in [5, 5.41) is 0.